The molecule has 0 aliphatic carbocycles. The van der Waals surface area contributed by atoms with Crippen LogP contribution in [0.2, 0.25) is 0 Å². The molecule has 0 amide bonds. The maximum atomic E-state index is 9.78. The molecule has 4 nitrogen and oxygen atoms in total. The molecule has 5 heteroatoms. The van der Waals surface area contributed by atoms with Gasteiger partial charge in [0.25, 0.3) is 0 Å². The van der Waals surface area contributed by atoms with E-state index in [4.69, 9.17) is 4.91 Å². The maximum absolute atomic E-state index is 9.78. The molecule has 0 aromatic heterocycles. The van der Waals surface area contributed by atoms with E-state index in [9.17, 15) is 4.79 Å². The van der Waals surface area contributed by atoms with Gasteiger partial charge in [0, 0.05) is 6.08 Å². The molecule has 0 aliphatic rings. The Hall–Kier alpha value is 0.0697. The minimum atomic E-state index is -0.838. The van der Waals surface area contributed by atoms with E-state index in [2.05, 4.69) is 11.4 Å². The van der Waals surface area contributed by atoms with E-state index in [-0.39, 0.29) is 37.7 Å². The summed E-state index contributed by atoms with van der Waals surface area (Å²) in [6, 6.07) is 0. The average molecular weight is 143 g/mol. The van der Waals surface area contributed by atoms with Gasteiger partial charge in [0.2, 0.25) is 0 Å². The molecule has 0 rings (SSSR count). The molecule has 0 aromatic rings. The Morgan fingerprint density at radius 1 is 1.75 bits per heavy atom. The van der Waals surface area contributed by atoms with Crippen molar-refractivity contribution in [3.8, 4) is 0 Å². The number of rotatable bonds is 2. The van der Waals surface area contributed by atoms with E-state index in [0.29, 0.717) is 0 Å². The van der Waals surface area contributed by atoms with Gasteiger partial charge in [-0.05, 0) is 0 Å². The molecule has 0 radical (unpaired) electrons. The fourth-order valence-electron chi connectivity index (χ4n) is 0.0740. The van der Waals surface area contributed by atoms with Gasteiger partial charge >= 0.3 is 43.7 Å². The van der Waals surface area contributed by atoms with E-state index >= 15 is 0 Å². The second kappa shape index (κ2) is 7.07. The topological polar surface area (TPSA) is 55.7 Å². The van der Waals surface area contributed by atoms with E-state index in [1.807, 2.05) is 5.34 Å². The van der Waals surface area contributed by atoms with Crippen molar-refractivity contribution in [1.29, 1.82) is 0 Å². The Morgan fingerprint density at radius 2 is 2.25 bits per heavy atom. The van der Waals surface area contributed by atoms with Crippen molar-refractivity contribution in [2.24, 2.45) is 5.34 Å². The van der Waals surface area contributed by atoms with Crippen molar-refractivity contribution in [3.63, 3.8) is 0 Å². The minimum absolute atomic E-state index is 0. The second-order valence-corrected chi connectivity index (χ2v) is 0.689. The van der Waals surface area contributed by atoms with Gasteiger partial charge in [-0.3, -0.25) is 4.84 Å². The summed E-state index contributed by atoms with van der Waals surface area (Å²) in [5, 5.41) is 1.84. The summed E-state index contributed by atoms with van der Waals surface area (Å²) in [5.41, 5.74) is 0. The van der Waals surface area contributed by atoms with Crippen molar-refractivity contribution >= 4 is 43.7 Å². The zero-order chi connectivity index (χ0) is 5.70. The number of hydrogen-bond acceptors (Lipinski definition) is 4. The number of carbonyl (C=O) groups is 1. The molecule has 0 fully saturated rings. The molecule has 0 N–H and O–H groups in total. The summed E-state index contributed by atoms with van der Waals surface area (Å²) in [6.07, 6.45) is 0.849. The van der Waals surface area contributed by atoms with Gasteiger partial charge in [0.15, 0.2) is 5.34 Å². The van der Waals surface area contributed by atoms with Gasteiger partial charge < -0.3 is 0 Å². The van der Waals surface area contributed by atoms with Gasteiger partial charge in [-0.2, -0.15) is 0 Å². The first kappa shape index (κ1) is 10.9. The van der Waals surface area contributed by atoms with Gasteiger partial charge in [0.05, 0.1) is 0 Å². The van der Waals surface area contributed by atoms with Crippen LogP contribution in [0.15, 0.2) is 18.0 Å². The first-order chi connectivity index (χ1) is 3.31. The van der Waals surface area contributed by atoms with Gasteiger partial charge in [-0.15, -0.1) is 4.91 Å². The monoisotopic (exact) mass is 143 g/mol. The fourth-order valence-corrected chi connectivity index (χ4v) is 0.0740. The van der Waals surface area contributed by atoms with E-state index < -0.39 is 5.97 Å². The standard InChI is InChI=1S/C3H3NO3.Ca.2H/c1-2-3(5)7-4-6;;;/h2H,1H2;;;. The van der Waals surface area contributed by atoms with Crippen LogP contribution in [0.1, 0.15) is 0 Å². The van der Waals surface area contributed by atoms with Crippen LogP contribution in [0.3, 0.4) is 0 Å². The molecule has 0 bridgehead atoms. The zero-order valence-corrected chi connectivity index (χ0v) is 3.46. The van der Waals surface area contributed by atoms with Crippen molar-refractivity contribution in [3.05, 3.63) is 17.6 Å². The van der Waals surface area contributed by atoms with Crippen molar-refractivity contribution < 1.29 is 9.63 Å². The summed E-state index contributed by atoms with van der Waals surface area (Å²) in [5.74, 6) is -0.838. The average Bonchev–Trinajstić information content (AvgIpc) is 1.68. The van der Waals surface area contributed by atoms with Crippen LogP contribution < -0.4 is 0 Å². The fraction of sp³-hybridized carbons (Fsp3) is 0. The van der Waals surface area contributed by atoms with Crippen molar-refractivity contribution in [1.82, 2.24) is 0 Å². The van der Waals surface area contributed by atoms with Crippen LogP contribution in [0.5, 0.6) is 0 Å². The molecule has 0 atom stereocenters. The van der Waals surface area contributed by atoms with Crippen molar-refractivity contribution in [2.45, 2.75) is 0 Å². The molecular formula is C3H5CaNO3. The third-order valence-corrected chi connectivity index (χ3v) is 0.294. The summed E-state index contributed by atoms with van der Waals surface area (Å²) < 4.78 is 0. The third kappa shape index (κ3) is 6.07. The Bertz CT molecular complexity index is 103. The Labute approximate surface area is 75.8 Å². The van der Waals surface area contributed by atoms with Crippen LogP contribution in [0.4, 0.5) is 0 Å². The Morgan fingerprint density at radius 3 is 2.38 bits per heavy atom. The normalized spacial score (nSPS) is 6.00. The molecule has 0 aliphatic heterocycles. The van der Waals surface area contributed by atoms with E-state index in [0.717, 1.165) is 6.08 Å². The summed E-state index contributed by atoms with van der Waals surface area (Å²) >= 11 is 0. The summed E-state index contributed by atoms with van der Waals surface area (Å²) in [6.45, 7) is 3.01. The van der Waals surface area contributed by atoms with Gasteiger partial charge in [-0.1, -0.05) is 6.58 Å². The molecule has 0 heterocycles. The van der Waals surface area contributed by atoms with Crippen LogP contribution >= 0.6 is 0 Å². The predicted octanol–water partition coefficient (Wildman–Crippen LogP) is -0.519. The number of nitrogens with zero attached hydrogens (tertiary/aromatic N) is 1. The van der Waals surface area contributed by atoms with E-state index in [1.165, 1.54) is 0 Å². The SMILES string of the molecule is C=CC(=O)ON=O.[CaH2]. The van der Waals surface area contributed by atoms with Crippen LogP contribution in [-0.2, 0) is 9.63 Å². The molecule has 0 saturated carbocycles. The van der Waals surface area contributed by atoms with E-state index in [1.54, 1.807) is 0 Å². The Balaban J connectivity index is 0. The third-order valence-electron chi connectivity index (χ3n) is 0.294. The van der Waals surface area contributed by atoms with Gasteiger partial charge in [-0.25, -0.2) is 4.79 Å². The van der Waals surface area contributed by atoms with Crippen LogP contribution in [0, 0.1) is 4.91 Å². The molecule has 0 spiro atoms. The van der Waals surface area contributed by atoms with Gasteiger partial charge in [0.1, 0.15) is 0 Å². The summed E-state index contributed by atoms with van der Waals surface area (Å²) in [7, 11) is 0. The number of carbonyl (C=O) groups excluding carboxylic acids is 1. The molecule has 42 valence electrons. The zero-order valence-electron chi connectivity index (χ0n) is 3.46. The molecule has 0 aromatic carbocycles. The first-order valence-corrected chi connectivity index (χ1v) is 1.47. The molecule has 0 unspecified atom stereocenters. The first-order valence-electron chi connectivity index (χ1n) is 1.47. The Kier molecular flexibility index (Phi) is 9.67. The quantitative estimate of drug-likeness (QED) is 0.226. The second-order valence-electron chi connectivity index (χ2n) is 0.689. The van der Waals surface area contributed by atoms with Crippen LogP contribution in [-0.4, -0.2) is 43.7 Å². The molecule has 8 heavy (non-hydrogen) atoms. The molecule has 0 saturated heterocycles. The predicted molar refractivity (Wildman–Crippen MR) is 30.6 cm³/mol. The van der Waals surface area contributed by atoms with Crippen molar-refractivity contribution in [2.75, 3.05) is 0 Å². The molecular weight excluding hydrogens is 138 g/mol. The van der Waals surface area contributed by atoms with Crippen LogP contribution in [0.25, 0.3) is 0 Å². The number of hydrogen-bond donors (Lipinski definition) is 0. The summed E-state index contributed by atoms with van der Waals surface area (Å²) in [4.78, 5) is 22.3.